The second-order valence-electron chi connectivity index (χ2n) is 6.56. The molecular weight excluding hydrogens is 256 g/mol. The van der Waals surface area contributed by atoms with Crippen molar-refractivity contribution in [3.63, 3.8) is 0 Å². The number of amides is 1. The quantitative estimate of drug-likeness (QED) is 0.768. The largest absolute Gasteiger partial charge is 0.353 e. The SMILES string of the molecule is CC1(C)OCC(CNC(=O)C2(CN)CCCCCC2)O1. The minimum atomic E-state index is -0.538. The maximum atomic E-state index is 12.5. The summed E-state index contributed by atoms with van der Waals surface area (Å²) in [7, 11) is 0. The number of ether oxygens (including phenoxy) is 2. The van der Waals surface area contributed by atoms with Gasteiger partial charge in [0.15, 0.2) is 5.79 Å². The van der Waals surface area contributed by atoms with E-state index in [0.717, 1.165) is 25.7 Å². The first-order valence-corrected chi connectivity index (χ1v) is 7.78. The lowest BCUT2D eigenvalue weighted by Crippen LogP contribution is -2.48. The highest BCUT2D eigenvalue weighted by atomic mass is 16.7. The first-order chi connectivity index (χ1) is 9.47. The molecular formula is C15H28N2O3. The van der Waals surface area contributed by atoms with Crippen LogP contribution in [0.5, 0.6) is 0 Å². The van der Waals surface area contributed by atoms with Crippen LogP contribution in [-0.4, -0.2) is 37.5 Å². The van der Waals surface area contributed by atoms with Gasteiger partial charge in [0.2, 0.25) is 5.91 Å². The lowest BCUT2D eigenvalue weighted by atomic mass is 9.79. The minimum absolute atomic E-state index is 0.0606. The molecule has 1 amide bonds. The van der Waals surface area contributed by atoms with E-state index in [0.29, 0.717) is 19.7 Å². The molecule has 1 atom stereocenters. The minimum Gasteiger partial charge on any atom is -0.353 e. The molecule has 0 aromatic carbocycles. The fourth-order valence-electron chi connectivity index (χ4n) is 3.19. The van der Waals surface area contributed by atoms with E-state index in [9.17, 15) is 4.79 Å². The van der Waals surface area contributed by atoms with Gasteiger partial charge in [0.25, 0.3) is 0 Å². The second-order valence-corrected chi connectivity index (χ2v) is 6.56. The molecule has 2 rings (SSSR count). The molecule has 5 nitrogen and oxygen atoms in total. The van der Waals surface area contributed by atoms with Crippen molar-refractivity contribution in [3.05, 3.63) is 0 Å². The van der Waals surface area contributed by atoms with Gasteiger partial charge in [-0.25, -0.2) is 0 Å². The van der Waals surface area contributed by atoms with Gasteiger partial charge < -0.3 is 20.5 Å². The van der Waals surface area contributed by atoms with Crippen LogP contribution in [0.1, 0.15) is 52.4 Å². The van der Waals surface area contributed by atoms with Crippen molar-refractivity contribution in [3.8, 4) is 0 Å². The predicted molar refractivity (Wildman–Crippen MR) is 77.1 cm³/mol. The Morgan fingerprint density at radius 3 is 2.40 bits per heavy atom. The Morgan fingerprint density at radius 1 is 1.25 bits per heavy atom. The lowest BCUT2D eigenvalue weighted by Gasteiger charge is -2.30. The van der Waals surface area contributed by atoms with Gasteiger partial charge in [-0.3, -0.25) is 4.79 Å². The van der Waals surface area contributed by atoms with Gasteiger partial charge in [0.1, 0.15) is 6.10 Å². The van der Waals surface area contributed by atoms with Crippen molar-refractivity contribution >= 4 is 5.91 Å². The predicted octanol–water partition coefficient (Wildman–Crippen LogP) is 1.55. The standard InChI is InChI=1S/C15H28N2O3/c1-14(2)19-10-12(20-14)9-17-13(18)15(11-16)7-5-3-4-6-8-15/h12H,3-11,16H2,1-2H3,(H,17,18). The van der Waals surface area contributed by atoms with E-state index < -0.39 is 5.79 Å². The molecule has 1 unspecified atom stereocenters. The molecule has 20 heavy (non-hydrogen) atoms. The van der Waals surface area contributed by atoms with Gasteiger partial charge in [0.05, 0.1) is 12.0 Å². The summed E-state index contributed by atoms with van der Waals surface area (Å²) in [6, 6.07) is 0. The molecule has 1 aliphatic carbocycles. The van der Waals surface area contributed by atoms with E-state index in [4.69, 9.17) is 15.2 Å². The lowest BCUT2D eigenvalue weighted by molar-refractivity contribution is -0.141. The Balaban J connectivity index is 1.86. The Morgan fingerprint density at radius 2 is 1.90 bits per heavy atom. The highest BCUT2D eigenvalue weighted by molar-refractivity contribution is 5.83. The van der Waals surface area contributed by atoms with Gasteiger partial charge in [0, 0.05) is 13.1 Å². The van der Waals surface area contributed by atoms with Crippen LogP contribution in [0.25, 0.3) is 0 Å². The fraction of sp³-hybridized carbons (Fsp3) is 0.933. The van der Waals surface area contributed by atoms with Crippen LogP contribution in [0, 0.1) is 5.41 Å². The topological polar surface area (TPSA) is 73.6 Å². The summed E-state index contributed by atoms with van der Waals surface area (Å²) in [6.07, 6.45) is 6.37. The van der Waals surface area contributed by atoms with Crippen molar-refractivity contribution in [1.29, 1.82) is 0 Å². The van der Waals surface area contributed by atoms with Crippen molar-refractivity contribution in [1.82, 2.24) is 5.32 Å². The normalized spacial score (nSPS) is 28.9. The number of carbonyl (C=O) groups excluding carboxylic acids is 1. The highest BCUT2D eigenvalue weighted by Gasteiger charge is 2.38. The monoisotopic (exact) mass is 284 g/mol. The average molecular weight is 284 g/mol. The summed E-state index contributed by atoms with van der Waals surface area (Å²) in [5.74, 6) is -0.446. The van der Waals surface area contributed by atoms with E-state index in [-0.39, 0.29) is 17.4 Å². The summed E-state index contributed by atoms with van der Waals surface area (Å²) in [5.41, 5.74) is 5.55. The molecule has 0 aromatic heterocycles. The molecule has 0 bridgehead atoms. The molecule has 3 N–H and O–H groups in total. The molecule has 2 fully saturated rings. The number of nitrogens with one attached hydrogen (secondary N) is 1. The summed E-state index contributed by atoms with van der Waals surface area (Å²) < 4.78 is 11.2. The van der Waals surface area contributed by atoms with Crippen LogP contribution in [0.3, 0.4) is 0 Å². The molecule has 0 aromatic rings. The second kappa shape index (κ2) is 6.41. The Hall–Kier alpha value is -0.650. The van der Waals surface area contributed by atoms with E-state index in [2.05, 4.69) is 5.32 Å². The number of nitrogens with two attached hydrogens (primary N) is 1. The maximum Gasteiger partial charge on any atom is 0.227 e. The van der Waals surface area contributed by atoms with Gasteiger partial charge >= 0.3 is 0 Å². The van der Waals surface area contributed by atoms with E-state index in [1.807, 2.05) is 13.8 Å². The molecule has 1 saturated carbocycles. The smallest absolute Gasteiger partial charge is 0.227 e. The van der Waals surface area contributed by atoms with Crippen LogP contribution < -0.4 is 11.1 Å². The number of rotatable bonds is 4. The van der Waals surface area contributed by atoms with Crippen LogP contribution in [0.4, 0.5) is 0 Å². The number of hydrogen-bond acceptors (Lipinski definition) is 4. The average Bonchev–Trinajstić information content (AvgIpc) is 2.65. The summed E-state index contributed by atoms with van der Waals surface area (Å²) >= 11 is 0. The molecule has 1 saturated heterocycles. The molecule has 116 valence electrons. The first kappa shape index (κ1) is 15.7. The maximum absolute atomic E-state index is 12.5. The summed E-state index contributed by atoms with van der Waals surface area (Å²) in [6.45, 7) is 5.25. The third-order valence-electron chi connectivity index (χ3n) is 4.49. The first-order valence-electron chi connectivity index (χ1n) is 7.78. The van der Waals surface area contributed by atoms with Gasteiger partial charge in [-0.2, -0.15) is 0 Å². The molecule has 2 aliphatic rings. The summed E-state index contributed by atoms with van der Waals surface area (Å²) in [5, 5.41) is 3.03. The van der Waals surface area contributed by atoms with E-state index in [1.165, 1.54) is 12.8 Å². The molecule has 1 aliphatic heterocycles. The zero-order chi connectivity index (χ0) is 14.6. The van der Waals surface area contributed by atoms with Crippen molar-refractivity contribution in [2.75, 3.05) is 19.7 Å². The van der Waals surface area contributed by atoms with E-state index >= 15 is 0 Å². The van der Waals surface area contributed by atoms with Crippen LogP contribution in [0.2, 0.25) is 0 Å². The van der Waals surface area contributed by atoms with Gasteiger partial charge in [-0.05, 0) is 26.7 Å². The molecule has 5 heteroatoms. The third kappa shape index (κ3) is 3.71. The number of hydrogen-bond donors (Lipinski definition) is 2. The van der Waals surface area contributed by atoms with Gasteiger partial charge in [-0.1, -0.05) is 25.7 Å². The molecule has 0 radical (unpaired) electrons. The fourth-order valence-corrected chi connectivity index (χ4v) is 3.19. The van der Waals surface area contributed by atoms with Crippen molar-refractivity contribution in [2.45, 2.75) is 64.3 Å². The number of carbonyl (C=O) groups is 1. The van der Waals surface area contributed by atoms with E-state index in [1.54, 1.807) is 0 Å². The third-order valence-corrected chi connectivity index (χ3v) is 4.49. The van der Waals surface area contributed by atoms with Crippen LogP contribution >= 0.6 is 0 Å². The summed E-state index contributed by atoms with van der Waals surface area (Å²) in [4.78, 5) is 12.5. The van der Waals surface area contributed by atoms with Crippen LogP contribution in [-0.2, 0) is 14.3 Å². The molecule has 1 heterocycles. The Labute approximate surface area is 121 Å². The zero-order valence-electron chi connectivity index (χ0n) is 12.7. The highest BCUT2D eigenvalue weighted by Crippen LogP contribution is 2.34. The Kier molecular flexibility index (Phi) is 5.04. The van der Waals surface area contributed by atoms with Crippen LogP contribution in [0.15, 0.2) is 0 Å². The van der Waals surface area contributed by atoms with Crippen molar-refractivity contribution in [2.24, 2.45) is 11.1 Å². The van der Waals surface area contributed by atoms with Gasteiger partial charge in [-0.15, -0.1) is 0 Å². The van der Waals surface area contributed by atoms with Crippen molar-refractivity contribution < 1.29 is 14.3 Å². The zero-order valence-corrected chi connectivity index (χ0v) is 12.7. The molecule has 0 spiro atoms. The Bertz CT molecular complexity index is 336.